The minimum atomic E-state index is 0.00508. The first-order valence-electron chi connectivity index (χ1n) is 6.64. The molecule has 0 fully saturated rings. The molecule has 2 rings (SSSR count). The number of nitrogens with two attached hydrogens (primary N) is 1. The molecule has 0 aromatic carbocycles. The van der Waals surface area contributed by atoms with Gasteiger partial charge in [0.15, 0.2) is 0 Å². The molecule has 0 bridgehead atoms. The lowest BCUT2D eigenvalue weighted by atomic mass is 10.1. The third-order valence-electron chi connectivity index (χ3n) is 3.04. The third-order valence-corrected chi connectivity index (χ3v) is 3.04. The van der Waals surface area contributed by atoms with Crippen LogP contribution in [0.1, 0.15) is 30.0 Å². The highest BCUT2D eigenvalue weighted by Gasteiger charge is 2.15. The molecule has 0 aliphatic carbocycles. The Hall–Kier alpha value is -2.35. The van der Waals surface area contributed by atoms with Crippen molar-refractivity contribution in [2.45, 2.75) is 26.8 Å². The lowest BCUT2D eigenvalue weighted by Crippen LogP contribution is -2.19. The number of aryl methyl sites for hydroxylation is 2. The van der Waals surface area contributed by atoms with Crippen LogP contribution in [-0.4, -0.2) is 29.0 Å². The topological polar surface area (TPSA) is 105 Å². The summed E-state index contributed by atoms with van der Waals surface area (Å²) in [6.07, 6.45) is 0. The Morgan fingerprint density at radius 2 is 1.86 bits per heavy atom. The Morgan fingerprint density at radius 1 is 1.19 bits per heavy atom. The van der Waals surface area contributed by atoms with Crippen molar-refractivity contribution in [2.24, 2.45) is 5.84 Å². The van der Waals surface area contributed by atoms with E-state index in [-0.39, 0.29) is 6.04 Å². The van der Waals surface area contributed by atoms with Crippen molar-refractivity contribution in [1.29, 1.82) is 0 Å². The Kier molecular flexibility index (Phi) is 4.27. The number of hydrazine groups is 1. The van der Waals surface area contributed by atoms with E-state index in [0.717, 1.165) is 17.1 Å². The van der Waals surface area contributed by atoms with Crippen LogP contribution in [-0.2, 0) is 0 Å². The minimum absolute atomic E-state index is 0.00508. The molecule has 0 saturated carbocycles. The first-order valence-corrected chi connectivity index (χ1v) is 6.64. The number of nitrogens with zero attached hydrogens (tertiary/aromatic N) is 4. The van der Waals surface area contributed by atoms with E-state index in [1.807, 2.05) is 40.9 Å². The molecule has 0 radical (unpaired) electrons. The van der Waals surface area contributed by atoms with Gasteiger partial charge >= 0.3 is 0 Å². The summed E-state index contributed by atoms with van der Waals surface area (Å²) in [6, 6.07) is 2.01. The molecule has 114 valence electrons. The predicted molar refractivity (Wildman–Crippen MR) is 82.2 cm³/mol. The summed E-state index contributed by atoms with van der Waals surface area (Å²) in [5.74, 6) is 8.43. The van der Waals surface area contributed by atoms with Crippen LogP contribution in [0.25, 0.3) is 0 Å². The molecule has 0 amide bonds. The van der Waals surface area contributed by atoms with E-state index < -0.39 is 0 Å². The van der Waals surface area contributed by atoms with Crippen LogP contribution in [0.4, 0.5) is 17.8 Å². The molecule has 1 unspecified atom stereocenters. The van der Waals surface area contributed by atoms with E-state index in [0.29, 0.717) is 17.8 Å². The number of aromatic nitrogens is 3. The van der Waals surface area contributed by atoms with Gasteiger partial charge in [0.25, 0.3) is 0 Å². The maximum absolute atomic E-state index is 5.55. The average molecular weight is 291 g/mol. The van der Waals surface area contributed by atoms with Crippen LogP contribution in [0.3, 0.4) is 0 Å². The SMILES string of the molecule is Cc1cc(C(C)Nc2nc(NN)nc(N(C)C)n2)c(C)o1. The third kappa shape index (κ3) is 3.40. The standard InChI is InChI=1S/C13H21N7O/c1-7-6-10(9(3)21-7)8(2)15-11-16-12(19-14)18-13(17-11)20(4)5/h6,8H,14H2,1-5H3,(H2,15,16,17,18,19). The maximum atomic E-state index is 5.55. The summed E-state index contributed by atoms with van der Waals surface area (Å²) in [4.78, 5) is 14.5. The van der Waals surface area contributed by atoms with Crippen LogP contribution in [0.15, 0.2) is 10.5 Å². The van der Waals surface area contributed by atoms with Crippen LogP contribution in [0.5, 0.6) is 0 Å². The van der Waals surface area contributed by atoms with Crippen LogP contribution < -0.4 is 21.5 Å². The summed E-state index contributed by atoms with van der Waals surface area (Å²) in [7, 11) is 3.71. The van der Waals surface area contributed by atoms with Gasteiger partial charge in [-0.2, -0.15) is 15.0 Å². The highest BCUT2D eigenvalue weighted by molar-refractivity contribution is 5.44. The highest BCUT2D eigenvalue weighted by Crippen LogP contribution is 2.24. The molecule has 2 aromatic rings. The molecule has 2 aromatic heterocycles. The first-order chi connectivity index (χ1) is 9.90. The van der Waals surface area contributed by atoms with E-state index >= 15 is 0 Å². The molecular weight excluding hydrogens is 270 g/mol. The second-order valence-electron chi connectivity index (χ2n) is 5.06. The van der Waals surface area contributed by atoms with Gasteiger partial charge in [0.05, 0.1) is 6.04 Å². The molecule has 8 heteroatoms. The number of hydrogen-bond acceptors (Lipinski definition) is 8. The molecule has 1 atom stereocenters. The van der Waals surface area contributed by atoms with Gasteiger partial charge in [0, 0.05) is 19.7 Å². The van der Waals surface area contributed by atoms with Gasteiger partial charge in [-0.25, -0.2) is 5.84 Å². The smallest absolute Gasteiger partial charge is 0.243 e. The quantitative estimate of drug-likeness (QED) is 0.563. The van der Waals surface area contributed by atoms with Crippen LogP contribution in [0, 0.1) is 13.8 Å². The number of rotatable bonds is 5. The van der Waals surface area contributed by atoms with E-state index in [1.165, 1.54) is 0 Å². The molecule has 0 aliphatic rings. The van der Waals surface area contributed by atoms with E-state index in [1.54, 1.807) is 4.90 Å². The largest absolute Gasteiger partial charge is 0.466 e. The zero-order valence-electron chi connectivity index (χ0n) is 12.9. The second kappa shape index (κ2) is 5.96. The van der Waals surface area contributed by atoms with E-state index in [4.69, 9.17) is 10.3 Å². The van der Waals surface area contributed by atoms with Crippen molar-refractivity contribution in [3.63, 3.8) is 0 Å². The summed E-state index contributed by atoms with van der Waals surface area (Å²) in [6.45, 7) is 5.88. The summed E-state index contributed by atoms with van der Waals surface area (Å²) < 4.78 is 5.55. The molecule has 21 heavy (non-hydrogen) atoms. The molecule has 0 spiro atoms. The highest BCUT2D eigenvalue weighted by atomic mass is 16.3. The summed E-state index contributed by atoms with van der Waals surface area (Å²) in [5.41, 5.74) is 3.51. The fourth-order valence-corrected chi connectivity index (χ4v) is 2.05. The molecule has 2 heterocycles. The molecule has 0 aliphatic heterocycles. The van der Waals surface area contributed by atoms with Crippen molar-refractivity contribution >= 4 is 17.8 Å². The maximum Gasteiger partial charge on any atom is 0.243 e. The average Bonchev–Trinajstić information content (AvgIpc) is 2.77. The van der Waals surface area contributed by atoms with Crippen molar-refractivity contribution in [3.8, 4) is 0 Å². The molecule has 8 nitrogen and oxygen atoms in total. The number of nitrogen functional groups attached to an aromatic ring is 1. The fraction of sp³-hybridized carbons (Fsp3) is 0.462. The van der Waals surface area contributed by atoms with Gasteiger partial charge < -0.3 is 14.6 Å². The normalized spacial score (nSPS) is 12.1. The number of anilines is 3. The Balaban J connectivity index is 2.26. The zero-order chi connectivity index (χ0) is 15.6. The molecule has 4 N–H and O–H groups in total. The lowest BCUT2D eigenvalue weighted by Gasteiger charge is -2.16. The lowest BCUT2D eigenvalue weighted by molar-refractivity contribution is 0.499. The molecule has 0 saturated heterocycles. The van der Waals surface area contributed by atoms with Crippen molar-refractivity contribution in [2.75, 3.05) is 29.7 Å². The van der Waals surface area contributed by atoms with E-state index in [9.17, 15) is 0 Å². The summed E-state index contributed by atoms with van der Waals surface area (Å²) >= 11 is 0. The van der Waals surface area contributed by atoms with Crippen molar-refractivity contribution in [1.82, 2.24) is 15.0 Å². The number of nitrogens with one attached hydrogen (secondary N) is 2. The Bertz CT molecular complexity index is 623. The van der Waals surface area contributed by atoms with Crippen LogP contribution in [0.2, 0.25) is 0 Å². The first kappa shape index (κ1) is 15.0. The molecular formula is C13H21N7O. The monoisotopic (exact) mass is 291 g/mol. The van der Waals surface area contributed by atoms with Gasteiger partial charge in [0.1, 0.15) is 11.5 Å². The van der Waals surface area contributed by atoms with Gasteiger partial charge in [-0.1, -0.05) is 0 Å². The van der Waals surface area contributed by atoms with E-state index in [2.05, 4.69) is 25.7 Å². The predicted octanol–water partition coefficient (Wildman–Crippen LogP) is 1.61. The van der Waals surface area contributed by atoms with Gasteiger partial charge in [-0.05, 0) is 26.8 Å². The van der Waals surface area contributed by atoms with Gasteiger partial charge in [-0.15, -0.1) is 0 Å². The minimum Gasteiger partial charge on any atom is -0.466 e. The number of hydrogen-bond donors (Lipinski definition) is 3. The van der Waals surface area contributed by atoms with Crippen molar-refractivity contribution in [3.05, 3.63) is 23.2 Å². The zero-order valence-corrected chi connectivity index (χ0v) is 12.9. The second-order valence-corrected chi connectivity index (χ2v) is 5.06. The Morgan fingerprint density at radius 3 is 2.38 bits per heavy atom. The van der Waals surface area contributed by atoms with Crippen LogP contribution >= 0.6 is 0 Å². The van der Waals surface area contributed by atoms with Gasteiger partial charge in [0.2, 0.25) is 17.8 Å². The Labute approximate surface area is 123 Å². The summed E-state index contributed by atoms with van der Waals surface area (Å²) in [5, 5.41) is 3.24. The fourth-order valence-electron chi connectivity index (χ4n) is 2.05. The van der Waals surface area contributed by atoms with Crippen molar-refractivity contribution < 1.29 is 4.42 Å². The number of furan rings is 1. The van der Waals surface area contributed by atoms with Gasteiger partial charge in [-0.3, -0.25) is 5.43 Å².